The molecular formula is C7H11N3O. The van der Waals surface area contributed by atoms with Crippen LogP contribution in [0.15, 0.2) is 6.20 Å². The van der Waals surface area contributed by atoms with Crippen LogP contribution in [0.5, 0.6) is 5.88 Å². The SMILES string of the molecule is COc1nc(C)cnc1CN. The molecule has 0 aliphatic rings. The number of aromatic nitrogens is 2. The van der Waals surface area contributed by atoms with E-state index in [2.05, 4.69) is 9.97 Å². The summed E-state index contributed by atoms with van der Waals surface area (Å²) in [6, 6.07) is 0. The van der Waals surface area contributed by atoms with Crippen molar-refractivity contribution in [2.24, 2.45) is 5.73 Å². The summed E-state index contributed by atoms with van der Waals surface area (Å²) in [5.74, 6) is 0.521. The second-order valence-corrected chi connectivity index (χ2v) is 2.17. The maximum atomic E-state index is 5.39. The quantitative estimate of drug-likeness (QED) is 0.661. The van der Waals surface area contributed by atoms with Gasteiger partial charge < -0.3 is 10.5 Å². The highest BCUT2D eigenvalue weighted by Gasteiger charge is 2.02. The first-order valence-corrected chi connectivity index (χ1v) is 3.34. The molecule has 4 nitrogen and oxygen atoms in total. The maximum Gasteiger partial charge on any atom is 0.236 e. The number of hydrogen-bond donors (Lipinski definition) is 1. The predicted octanol–water partition coefficient (Wildman–Crippen LogP) is 0.252. The first-order chi connectivity index (χ1) is 5.27. The Morgan fingerprint density at radius 3 is 2.91 bits per heavy atom. The number of nitrogens with zero attached hydrogens (tertiary/aromatic N) is 2. The molecule has 0 atom stereocenters. The summed E-state index contributed by atoms with van der Waals surface area (Å²) in [4.78, 5) is 8.15. The Morgan fingerprint density at radius 2 is 2.36 bits per heavy atom. The normalized spacial score (nSPS) is 9.73. The van der Waals surface area contributed by atoms with E-state index >= 15 is 0 Å². The molecule has 0 unspecified atom stereocenters. The van der Waals surface area contributed by atoms with Crippen LogP contribution in [-0.4, -0.2) is 17.1 Å². The highest BCUT2D eigenvalue weighted by molar-refractivity contribution is 5.19. The molecule has 2 N–H and O–H groups in total. The van der Waals surface area contributed by atoms with Crippen molar-refractivity contribution in [1.82, 2.24) is 9.97 Å². The van der Waals surface area contributed by atoms with E-state index in [1.165, 1.54) is 0 Å². The van der Waals surface area contributed by atoms with Gasteiger partial charge >= 0.3 is 0 Å². The van der Waals surface area contributed by atoms with Crippen molar-refractivity contribution in [3.63, 3.8) is 0 Å². The molecule has 0 spiro atoms. The Balaban J connectivity index is 3.06. The molecule has 0 radical (unpaired) electrons. The second-order valence-electron chi connectivity index (χ2n) is 2.17. The summed E-state index contributed by atoms with van der Waals surface area (Å²) in [5.41, 5.74) is 6.92. The van der Waals surface area contributed by atoms with E-state index < -0.39 is 0 Å². The van der Waals surface area contributed by atoms with Gasteiger partial charge in [0.25, 0.3) is 0 Å². The van der Waals surface area contributed by atoms with Crippen LogP contribution in [0.4, 0.5) is 0 Å². The average Bonchev–Trinajstić information content (AvgIpc) is 2.04. The number of nitrogens with two attached hydrogens (primary N) is 1. The summed E-state index contributed by atoms with van der Waals surface area (Å²) in [5, 5.41) is 0. The van der Waals surface area contributed by atoms with E-state index in [9.17, 15) is 0 Å². The van der Waals surface area contributed by atoms with Crippen LogP contribution in [0.1, 0.15) is 11.4 Å². The van der Waals surface area contributed by atoms with Gasteiger partial charge in [0.1, 0.15) is 5.69 Å². The van der Waals surface area contributed by atoms with E-state index in [4.69, 9.17) is 10.5 Å². The molecule has 0 amide bonds. The van der Waals surface area contributed by atoms with Crippen molar-refractivity contribution in [3.05, 3.63) is 17.6 Å². The highest BCUT2D eigenvalue weighted by Crippen LogP contribution is 2.10. The van der Waals surface area contributed by atoms with Gasteiger partial charge in [0.15, 0.2) is 0 Å². The first-order valence-electron chi connectivity index (χ1n) is 3.34. The minimum Gasteiger partial charge on any atom is -0.480 e. The zero-order chi connectivity index (χ0) is 8.27. The lowest BCUT2D eigenvalue weighted by Gasteiger charge is -2.03. The molecule has 1 aromatic rings. The molecule has 0 saturated carbocycles. The van der Waals surface area contributed by atoms with Crippen LogP contribution >= 0.6 is 0 Å². The van der Waals surface area contributed by atoms with E-state index in [1.54, 1.807) is 13.3 Å². The third kappa shape index (κ3) is 1.65. The summed E-state index contributed by atoms with van der Waals surface area (Å²) < 4.78 is 4.96. The average molecular weight is 153 g/mol. The van der Waals surface area contributed by atoms with Crippen LogP contribution < -0.4 is 10.5 Å². The minimum absolute atomic E-state index is 0.358. The predicted molar refractivity (Wildman–Crippen MR) is 41.2 cm³/mol. The smallest absolute Gasteiger partial charge is 0.236 e. The molecular weight excluding hydrogens is 142 g/mol. The molecule has 0 saturated heterocycles. The monoisotopic (exact) mass is 153 g/mol. The van der Waals surface area contributed by atoms with E-state index in [1.807, 2.05) is 6.92 Å². The third-order valence-corrected chi connectivity index (χ3v) is 1.32. The minimum atomic E-state index is 0.358. The number of hydrogen-bond acceptors (Lipinski definition) is 4. The van der Waals surface area contributed by atoms with Gasteiger partial charge in [-0.25, -0.2) is 4.98 Å². The van der Waals surface area contributed by atoms with Gasteiger partial charge in [0.2, 0.25) is 5.88 Å². The molecule has 0 aliphatic carbocycles. The molecule has 1 aromatic heterocycles. The molecule has 1 rings (SSSR count). The zero-order valence-corrected chi connectivity index (χ0v) is 6.66. The fraction of sp³-hybridized carbons (Fsp3) is 0.429. The zero-order valence-electron chi connectivity index (χ0n) is 6.66. The number of aryl methyl sites for hydroxylation is 1. The largest absolute Gasteiger partial charge is 0.480 e. The summed E-state index contributed by atoms with van der Waals surface area (Å²) >= 11 is 0. The van der Waals surface area contributed by atoms with E-state index in [-0.39, 0.29) is 0 Å². The first kappa shape index (κ1) is 7.94. The van der Waals surface area contributed by atoms with Crippen LogP contribution in [0.25, 0.3) is 0 Å². The van der Waals surface area contributed by atoms with Crippen molar-refractivity contribution < 1.29 is 4.74 Å². The Labute approximate surface area is 65.4 Å². The Bertz CT molecular complexity index is 249. The van der Waals surface area contributed by atoms with Gasteiger partial charge in [-0.15, -0.1) is 0 Å². The Morgan fingerprint density at radius 1 is 1.64 bits per heavy atom. The van der Waals surface area contributed by atoms with Gasteiger partial charge in [-0.2, -0.15) is 0 Å². The molecule has 60 valence electrons. The van der Waals surface area contributed by atoms with Crippen molar-refractivity contribution in [1.29, 1.82) is 0 Å². The molecule has 0 fully saturated rings. The molecule has 0 bridgehead atoms. The lowest BCUT2D eigenvalue weighted by molar-refractivity contribution is 0.388. The summed E-state index contributed by atoms with van der Waals surface area (Å²) in [7, 11) is 1.56. The summed E-state index contributed by atoms with van der Waals surface area (Å²) in [6.07, 6.45) is 1.67. The van der Waals surface area contributed by atoms with Crippen LogP contribution in [0.3, 0.4) is 0 Å². The van der Waals surface area contributed by atoms with Gasteiger partial charge in [0.05, 0.1) is 12.8 Å². The van der Waals surface area contributed by atoms with Crippen molar-refractivity contribution in [2.75, 3.05) is 7.11 Å². The van der Waals surface area contributed by atoms with E-state index in [0.29, 0.717) is 18.1 Å². The van der Waals surface area contributed by atoms with Gasteiger partial charge in [-0.05, 0) is 6.92 Å². The molecule has 1 heterocycles. The van der Waals surface area contributed by atoms with E-state index in [0.717, 1.165) is 5.69 Å². The van der Waals surface area contributed by atoms with Crippen molar-refractivity contribution >= 4 is 0 Å². The molecule has 11 heavy (non-hydrogen) atoms. The lowest BCUT2D eigenvalue weighted by Crippen LogP contribution is -2.04. The third-order valence-electron chi connectivity index (χ3n) is 1.32. The topological polar surface area (TPSA) is 61.0 Å². The van der Waals surface area contributed by atoms with Gasteiger partial charge in [-0.1, -0.05) is 0 Å². The standard InChI is InChI=1S/C7H11N3O/c1-5-4-9-6(3-8)7(10-5)11-2/h4H,3,8H2,1-2H3. The Kier molecular flexibility index (Phi) is 2.38. The summed E-state index contributed by atoms with van der Waals surface area (Å²) in [6.45, 7) is 2.21. The number of rotatable bonds is 2. The Hall–Kier alpha value is -1.16. The lowest BCUT2D eigenvalue weighted by atomic mass is 10.4. The maximum absolute atomic E-state index is 5.39. The molecule has 0 aromatic carbocycles. The van der Waals surface area contributed by atoms with Crippen LogP contribution in [0, 0.1) is 6.92 Å². The highest BCUT2D eigenvalue weighted by atomic mass is 16.5. The number of ether oxygens (including phenoxy) is 1. The van der Waals surface area contributed by atoms with Crippen LogP contribution in [-0.2, 0) is 6.54 Å². The molecule has 0 aliphatic heterocycles. The second kappa shape index (κ2) is 3.30. The molecule has 4 heteroatoms. The van der Waals surface area contributed by atoms with Crippen molar-refractivity contribution in [2.45, 2.75) is 13.5 Å². The van der Waals surface area contributed by atoms with Crippen molar-refractivity contribution in [3.8, 4) is 5.88 Å². The van der Waals surface area contributed by atoms with Crippen LogP contribution in [0.2, 0.25) is 0 Å². The van der Waals surface area contributed by atoms with Gasteiger partial charge in [-0.3, -0.25) is 4.98 Å². The van der Waals surface area contributed by atoms with Gasteiger partial charge in [0, 0.05) is 12.7 Å². The fourth-order valence-corrected chi connectivity index (χ4v) is 0.784. The fourth-order valence-electron chi connectivity index (χ4n) is 0.784. The number of methoxy groups -OCH3 is 1.